The predicted octanol–water partition coefficient (Wildman–Crippen LogP) is 0.0566. The molecule has 1 atom stereocenters. The molecule has 1 aromatic heterocycles. The first-order valence-electron chi connectivity index (χ1n) is 5.92. The quantitative estimate of drug-likeness (QED) is 0.840. The zero-order chi connectivity index (χ0) is 13.4. The molecular formula is C12H12N4O3. The minimum atomic E-state index is -0.433. The molecule has 19 heavy (non-hydrogen) atoms. The molecule has 0 bridgehead atoms. The van der Waals surface area contributed by atoms with Crippen LogP contribution >= 0.6 is 0 Å². The third-order valence-corrected chi connectivity index (χ3v) is 3.35. The van der Waals surface area contributed by atoms with Gasteiger partial charge in [-0.05, 0) is 16.4 Å². The molecule has 98 valence electrons. The Morgan fingerprint density at radius 3 is 3.05 bits per heavy atom. The van der Waals surface area contributed by atoms with Crippen LogP contribution < -0.4 is 5.73 Å². The van der Waals surface area contributed by atoms with Crippen molar-refractivity contribution in [2.24, 2.45) is 11.7 Å². The zero-order valence-corrected chi connectivity index (χ0v) is 10.1. The largest absolute Gasteiger partial charge is 0.369 e. The maximum atomic E-state index is 11.8. The molecule has 0 aliphatic carbocycles. The van der Waals surface area contributed by atoms with Gasteiger partial charge in [0.2, 0.25) is 11.8 Å². The van der Waals surface area contributed by atoms with E-state index in [1.807, 2.05) is 12.1 Å². The minimum Gasteiger partial charge on any atom is -0.369 e. The van der Waals surface area contributed by atoms with Crippen molar-refractivity contribution >= 4 is 22.8 Å². The van der Waals surface area contributed by atoms with Crippen molar-refractivity contribution in [3.8, 4) is 0 Å². The number of aromatic nitrogens is 2. The Balaban J connectivity index is 1.84. The molecule has 2 N–H and O–H groups in total. The summed E-state index contributed by atoms with van der Waals surface area (Å²) in [7, 11) is 0. The molecule has 0 radical (unpaired) electrons. The maximum absolute atomic E-state index is 11.8. The minimum absolute atomic E-state index is 0.0720. The molecule has 1 fully saturated rings. The van der Waals surface area contributed by atoms with Crippen LogP contribution in [0.5, 0.6) is 0 Å². The zero-order valence-electron chi connectivity index (χ0n) is 10.1. The van der Waals surface area contributed by atoms with E-state index >= 15 is 0 Å². The predicted molar refractivity (Wildman–Crippen MR) is 64.5 cm³/mol. The van der Waals surface area contributed by atoms with E-state index in [1.54, 1.807) is 11.0 Å². The highest BCUT2D eigenvalue weighted by Crippen LogP contribution is 2.22. The highest BCUT2D eigenvalue weighted by Gasteiger charge is 2.33. The summed E-state index contributed by atoms with van der Waals surface area (Å²) in [6, 6.07) is 5.47. The second-order valence-electron chi connectivity index (χ2n) is 4.63. The summed E-state index contributed by atoms with van der Waals surface area (Å²) in [4.78, 5) is 24.6. The molecule has 1 aromatic carbocycles. The second kappa shape index (κ2) is 4.34. The van der Waals surface area contributed by atoms with Gasteiger partial charge in [0.25, 0.3) is 0 Å². The van der Waals surface area contributed by atoms with Gasteiger partial charge in [-0.25, -0.2) is 4.63 Å². The number of carbonyl (C=O) groups is 2. The Kier molecular flexibility index (Phi) is 2.66. The number of nitrogens with two attached hydrogens (primary N) is 1. The van der Waals surface area contributed by atoms with Gasteiger partial charge in [-0.3, -0.25) is 9.59 Å². The van der Waals surface area contributed by atoms with E-state index in [4.69, 9.17) is 5.73 Å². The van der Waals surface area contributed by atoms with Gasteiger partial charge >= 0.3 is 0 Å². The number of benzene rings is 1. The van der Waals surface area contributed by atoms with Gasteiger partial charge in [0.15, 0.2) is 0 Å². The fraction of sp³-hybridized carbons (Fsp3) is 0.333. The van der Waals surface area contributed by atoms with E-state index in [-0.39, 0.29) is 12.3 Å². The summed E-state index contributed by atoms with van der Waals surface area (Å²) in [6.45, 7) is 0.740. The summed E-state index contributed by atoms with van der Waals surface area (Å²) in [5.74, 6) is -0.906. The van der Waals surface area contributed by atoms with E-state index in [2.05, 4.69) is 14.9 Å². The average Bonchev–Trinajstić information content (AvgIpc) is 2.97. The Bertz CT molecular complexity index is 651. The van der Waals surface area contributed by atoms with Crippen LogP contribution in [0.2, 0.25) is 0 Å². The number of primary amides is 1. The lowest BCUT2D eigenvalue weighted by Gasteiger charge is -2.15. The van der Waals surface area contributed by atoms with E-state index in [0.717, 1.165) is 5.56 Å². The topological polar surface area (TPSA) is 102 Å². The van der Waals surface area contributed by atoms with Gasteiger partial charge in [-0.2, -0.15) is 0 Å². The standard InChI is InChI=1S/C12H12N4O3/c13-12(18)8-4-10(17)16(6-8)5-7-2-1-3-9-11(7)15-19-14-9/h1-3,8H,4-6H2,(H2,13,18). The first kappa shape index (κ1) is 11.6. The highest BCUT2D eigenvalue weighted by atomic mass is 16.6. The molecule has 2 amide bonds. The van der Waals surface area contributed by atoms with E-state index in [0.29, 0.717) is 24.1 Å². The molecule has 0 spiro atoms. The molecule has 2 heterocycles. The molecular weight excluding hydrogens is 248 g/mol. The van der Waals surface area contributed by atoms with Crippen molar-refractivity contribution in [1.29, 1.82) is 0 Å². The number of hydrogen-bond acceptors (Lipinski definition) is 5. The average molecular weight is 260 g/mol. The molecule has 3 rings (SSSR count). The van der Waals surface area contributed by atoms with Crippen molar-refractivity contribution in [3.63, 3.8) is 0 Å². The lowest BCUT2D eigenvalue weighted by Crippen LogP contribution is -2.28. The third kappa shape index (κ3) is 2.03. The van der Waals surface area contributed by atoms with Gasteiger partial charge in [0.1, 0.15) is 11.0 Å². The molecule has 7 heteroatoms. The maximum Gasteiger partial charge on any atom is 0.223 e. The van der Waals surface area contributed by atoms with Gasteiger partial charge < -0.3 is 10.6 Å². The molecule has 1 aliphatic heterocycles. The summed E-state index contributed by atoms with van der Waals surface area (Å²) >= 11 is 0. The summed E-state index contributed by atoms with van der Waals surface area (Å²) in [5.41, 5.74) is 7.36. The molecule has 2 aromatic rings. The van der Waals surface area contributed by atoms with E-state index in [1.165, 1.54) is 0 Å². The Labute approximate surface area is 108 Å². The van der Waals surface area contributed by atoms with Crippen molar-refractivity contribution < 1.29 is 14.2 Å². The van der Waals surface area contributed by atoms with Crippen LogP contribution in [0, 0.1) is 5.92 Å². The third-order valence-electron chi connectivity index (χ3n) is 3.35. The number of fused-ring (bicyclic) bond motifs is 1. The van der Waals surface area contributed by atoms with Crippen LogP contribution in [0.3, 0.4) is 0 Å². The molecule has 1 aliphatic rings. The van der Waals surface area contributed by atoms with Crippen LogP contribution in [0.25, 0.3) is 11.0 Å². The van der Waals surface area contributed by atoms with Gasteiger partial charge in [-0.1, -0.05) is 12.1 Å². The number of nitrogens with zero attached hydrogens (tertiary/aromatic N) is 3. The molecule has 1 unspecified atom stereocenters. The van der Waals surface area contributed by atoms with Gasteiger partial charge in [0.05, 0.1) is 5.92 Å². The Morgan fingerprint density at radius 1 is 1.47 bits per heavy atom. The fourth-order valence-corrected chi connectivity index (χ4v) is 2.31. The lowest BCUT2D eigenvalue weighted by molar-refractivity contribution is -0.128. The molecule has 0 saturated carbocycles. The lowest BCUT2D eigenvalue weighted by atomic mass is 10.1. The summed E-state index contributed by atoms with van der Waals surface area (Å²) in [5, 5.41) is 7.58. The first-order valence-corrected chi connectivity index (χ1v) is 5.92. The van der Waals surface area contributed by atoms with E-state index < -0.39 is 11.8 Å². The first-order chi connectivity index (χ1) is 9.15. The van der Waals surface area contributed by atoms with Crippen LogP contribution in [0.1, 0.15) is 12.0 Å². The molecule has 7 nitrogen and oxygen atoms in total. The van der Waals surface area contributed by atoms with Crippen LogP contribution in [-0.4, -0.2) is 33.6 Å². The smallest absolute Gasteiger partial charge is 0.223 e. The summed E-state index contributed by atoms with van der Waals surface area (Å²) < 4.78 is 4.68. The van der Waals surface area contributed by atoms with Crippen molar-refractivity contribution in [3.05, 3.63) is 23.8 Å². The van der Waals surface area contributed by atoms with Crippen molar-refractivity contribution in [2.45, 2.75) is 13.0 Å². The highest BCUT2D eigenvalue weighted by molar-refractivity contribution is 5.88. The van der Waals surface area contributed by atoms with Crippen LogP contribution in [-0.2, 0) is 16.1 Å². The van der Waals surface area contributed by atoms with Crippen LogP contribution in [0.4, 0.5) is 0 Å². The van der Waals surface area contributed by atoms with Crippen molar-refractivity contribution in [1.82, 2.24) is 15.2 Å². The number of amides is 2. The Hall–Kier alpha value is -2.44. The number of rotatable bonds is 3. The summed E-state index contributed by atoms with van der Waals surface area (Å²) in [6.07, 6.45) is 0.183. The normalized spacial score (nSPS) is 19.3. The van der Waals surface area contributed by atoms with Crippen molar-refractivity contribution in [2.75, 3.05) is 6.54 Å². The molecule has 1 saturated heterocycles. The SMILES string of the molecule is NC(=O)C1CC(=O)N(Cc2cccc3nonc23)C1. The fourth-order valence-electron chi connectivity index (χ4n) is 2.31. The van der Waals surface area contributed by atoms with Crippen LogP contribution in [0.15, 0.2) is 22.8 Å². The second-order valence-corrected chi connectivity index (χ2v) is 4.63. The monoisotopic (exact) mass is 260 g/mol. The van der Waals surface area contributed by atoms with Gasteiger partial charge in [-0.15, -0.1) is 0 Å². The van der Waals surface area contributed by atoms with Gasteiger partial charge in [0, 0.05) is 25.1 Å². The Morgan fingerprint density at radius 2 is 2.32 bits per heavy atom. The number of carbonyl (C=O) groups excluding carboxylic acids is 2. The van der Waals surface area contributed by atoms with E-state index in [9.17, 15) is 9.59 Å². The number of hydrogen-bond donors (Lipinski definition) is 1. The number of likely N-dealkylation sites (tertiary alicyclic amines) is 1.